The lowest BCUT2D eigenvalue weighted by molar-refractivity contribution is 0.0721. The number of aliphatic hydroxyl groups is 2. The Morgan fingerprint density at radius 3 is 2.60 bits per heavy atom. The van der Waals surface area contributed by atoms with Gasteiger partial charge >= 0.3 is 0 Å². The van der Waals surface area contributed by atoms with Gasteiger partial charge in [0, 0.05) is 25.1 Å². The van der Waals surface area contributed by atoms with E-state index in [1.54, 1.807) is 23.1 Å². The lowest BCUT2D eigenvalue weighted by Gasteiger charge is -2.21. The van der Waals surface area contributed by atoms with Gasteiger partial charge < -0.3 is 15.1 Å². The Balaban J connectivity index is 2.99. The summed E-state index contributed by atoms with van der Waals surface area (Å²) in [7, 11) is 0. The van der Waals surface area contributed by atoms with Gasteiger partial charge in [-0.25, -0.2) is 0 Å². The fraction of sp³-hybridized carbons (Fsp3) is 0.438. The highest BCUT2D eigenvalue weighted by atomic mass is 16.3. The van der Waals surface area contributed by atoms with E-state index in [4.69, 9.17) is 10.2 Å². The summed E-state index contributed by atoms with van der Waals surface area (Å²) in [6, 6.07) is 7.16. The highest BCUT2D eigenvalue weighted by molar-refractivity contribution is 5.96. The maximum atomic E-state index is 12.5. The molecule has 0 saturated heterocycles. The average molecular weight is 275 g/mol. The van der Waals surface area contributed by atoms with Crippen LogP contribution in [0.1, 0.15) is 35.7 Å². The number of aliphatic hydroxyl groups excluding tert-OH is 2. The van der Waals surface area contributed by atoms with Crippen molar-refractivity contribution in [3.63, 3.8) is 0 Å². The van der Waals surface area contributed by atoms with E-state index in [1.807, 2.05) is 13.0 Å². The van der Waals surface area contributed by atoms with Crippen molar-refractivity contribution in [3.05, 3.63) is 35.4 Å². The Labute approximate surface area is 120 Å². The molecule has 2 N–H and O–H groups in total. The molecule has 1 aromatic rings. The van der Waals surface area contributed by atoms with Gasteiger partial charge in [-0.3, -0.25) is 4.79 Å². The lowest BCUT2D eigenvalue weighted by atomic mass is 10.1. The number of hydrogen-bond acceptors (Lipinski definition) is 3. The van der Waals surface area contributed by atoms with E-state index in [2.05, 4.69) is 11.8 Å². The second kappa shape index (κ2) is 9.13. The van der Waals surface area contributed by atoms with Gasteiger partial charge in [-0.15, -0.1) is 0 Å². The molecule has 0 spiro atoms. The lowest BCUT2D eigenvalue weighted by Crippen LogP contribution is -2.34. The zero-order valence-electron chi connectivity index (χ0n) is 11.8. The van der Waals surface area contributed by atoms with Crippen LogP contribution in [0.3, 0.4) is 0 Å². The predicted molar refractivity (Wildman–Crippen MR) is 78.3 cm³/mol. The van der Waals surface area contributed by atoms with Crippen molar-refractivity contribution < 1.29 is 15.0 Å². The number of rotatable bonds is 6. The molecule has 20 heavy (non-hydrogen) atoms. The number of carbonyl (C=O) groups excluding carboxylic acids is 1. The SMILES string of the molecule is CCCN(CCO)C(=O)c1ccccc1C#CCCO. The number of benzene rings is 1. The first-order valence-electron chi connectivity index (χ1n) is 6.83. The fourth-order valence-electron chi connectivity index (χ4n) is 1.87. The minimum Gasteiger partial charge on any atom is -0.395 e. The van der Waals surface area contributed by atoms with Gasteiger partial charge in [0.1, 0.15) is 0 Å². The van der Waals surface area contributed by atoms with Crippen LogP contribution in [0.5, 0.6) is 0 Å². The van der Waals surface area contributed by atoms with E-state index in [0.717, 1.165) is 6.42 Å². The van der Waals surface area contributed by atoms with Crippen LogP contribution in [0.25, 0.3) is 0 Å². The zero-order valence-corrected chi connectivity index (χ0v) is 11.8. The summed E-state index contributed by atoms with van der Waals surface area (Å²) in [6.07, 6.45) is 1.22. The molecule has 4 nitrogen and oxygen atoms in total. The van der Waals surface area contributed by atoms with Gasteiger partial charge in [0.2, 0.25) is 0 Å². The van der Waals surface area contributed by atoms with Crippen LogP contribution in [0, 0.1) is 11.8 Å². The zero-order chi connectivity index (χ0) is 14.8. The third kappa shape index (κ3) is 4.69. The van der Waals surface area contributed by atoms with Crippen LogP contribution in [0.4, 0.5) is 0 Å². The molecule has 0 aromatic heterocycles. The summed E-state index contributed by atoms with van der Waals surface area (Å²) in [5.74, 6) is 5.63. The molecule has 0 bridgehead atoms. The second-order valence-electron chi connectivity index (χ2n) is 4.34. The van der Waals surface area contributed by atoms with Gasteiger partial charge in [0.25, 0.3) is 5.91 Å². The maximum absolute atomic E-state index is 12.5. The minimum atomic E-state index is -0.116. The van der Waals surface area contributed by atoms with Gasteiger partial charge in [-0.05, 0) is 18.6 Å². The Bertz CT molecular complexity index is 482. The first kappa shape index (κ1) is 16.2. The molecule has 0 fully saturated rings. The van der Waals surface area contributed by atoms with E-state index in [1.165, 1.54) is 0 Å². The summed E-state index contributed by atoms with van der Waals surface area (Å²) < 4.78 is 0. The van der Waals surface area contributed by atoms with Crippen molar-refractivity contribution in [1.82, 2.24) is 4.90 Å². The second-order valence-corrected chi connectivity index (χ2v) is 4.34. The summed E-state index contributed by atoms with van der Waals surface area (Å²) >= 11 is 0. The molecular weight excluding hydrogens is 254 g/mol. The van der Waals surface area contributed by atoms with Gasteiger partial charge in [-0.2, -0.15) is 0 Å². The van der Waals surface area contributed by atoms with Crippen LogP contribution in [0.15, 0.2) is 24.3 Å². The molecule has 0 heterocycles. The van der Waals surface area contributed by atoms with Crippen molar-refractivity contribution in [2.24, 2.45) is 0 Å². The minimum absolute atomic E-state index is 0.00951. The monoisotopic (exact) mass is 275 g/mol. The van der Waals surface area contributed by atoms with Crippen molar-refractivity contribution in [1.29, 1.82) is 0 Å². The first-order chi connectivity index (χ1) is 9.74. The van der Waals surface area contributed by atoms with Gasteiger partial charge in [-0.1, -0.05) is 30.9 Å². The van der Waals surface area contributed by atoms with Crippen molar-refractivity contribution in [2.75, 3.05) is 26.3 Å². The maximum Gasteiger partial charge on any atom is 0.255 e. The van der Waals surface area contributed by atoms with Crippen molar-refractivity contribution in [3.8, 4) is 11.8 Å². The number of hydrogen-bond donors (Lipinski definition) is 2. The van der Waals surface area contributed by atoms with Crippen LogP contribution >= 0.6 is 0 Å². The Hall–Kier alpha value is -1.83. The molecule has 4 heteroatoms. The number of nitrogens with zero attached hydrogens (tertiary/aromatic N) is 1. The largest absolute Gasteiger partial charge is 0.395 e. The highest BCUT2D eigenvalue weighted by Crippen LogP contribution is 2.11. The molecule has 0 aliphatic carbocycles. The molecule has 0 atom stereocenters. The molecule has 0 unspecified atom stereocenters. The van der Waals surface area contributed by atoms with Crippen LogP contribution in [-0.2, 0) is 0 Å². The van der Waals surface area contributed by atoms with Crippen molar-refractivity contribution >= 4 is 5.91 Å². The summed E-state index contributed by atoms with van der Waals surface area (Å²) in [4.78, 5) is 14.1. The standard InChI is InChI=1S/C16H21NO3/c1-2-10-17(11-13-19)16(20)15-9-4-3-7-14(15)8-5-6-12-18/h3-4,7,9,18-19H,2,6,10-13H2,1H3. The van der Waals surface area contributed by atoms with E-state index in [-0.39, 0.29) is 19.1 Å². The molecule has 1 rings (SSSR count). The molecule has 108 valence electrons. The normalized spacial score (nSPS) is 9.75. The van der Waals surface area contributed by atoms with E-state index >= 15 is 0 Å². The van der Waals surface area contributed by atoms with Gasteiger partial charge in [0.15, 0.2) is 0 Å². The molecule has 1 amide bonds. The van der Waals surface area contributed by atoms with Crippen molar-refractivity contribution in [2.45, 2.75) is 19.8 Å². The quantitative estimate of drug-likeness (QED) is 0.769. The van der Waals surface area contributed by atoms with E-state index < -0.39 is 0 Å². The molecular formula is C16H21NO3. The highest BCUT2D eigenvalue weighted by Gasteiger charge is 2.16. The van der Waals surface area contributed by atoms with Gasteiger partial charge in [0.05, 0.1) is 18.8 Å². The number of carbonyl (C=O) groups is 1. The average Bonchev–Trinajstić information content (AvgIpc) is 2.47. The Morgan fingerprint density at radius 2 is 1.95 bits per heavy atom. The molecule has 1 aromatic carbocycles. The topological polar surface area (TPSA) is 60.8 Å². The van der Waals surface area contributed by atoms with E-state index in [0.29, 0.717) is 30.6 Å². The first-order valence-corrected chi connectivity index (χ1v) is 6.83. The van der Waals surface area contributed by atoms with Crippen LogP contribution in [0.2, 0.25) is 0 Å². The molecule has 0 saturated carbocycles. The van der Waals surface area contributed by atoms with Crippen LogP contribution in [-0.4, -0.2) is 47.3 Å². The molecule has 0 radical (unpaired) electrons. The van der Waals surface area contributed by atoms with E-state index in [9.17, 15) is 4.79 Å². The Morgan fingerprint density at radius 1 is 1.20 bits per heavy atom. The third-order valence-corrected chi connectivity index (χ3v) is 2.77. The fourth-order valence-corrected chi connectivity index (χ4v) is 1.87. The summed E-state index contributed by atoms with van der Waals surface area (Å²) in [5, 5.41) is 17.8. The predicted octanol–water partition coefficient (Wildman–Crippen LogP) is 1.27. The molecule has 0 aliphatic rings. The Kier molecular flexibility index (Phi) is 7.41. The summed E-state index contributed by atoms with van der Waals surface area (Å²) in [6.45, 7) is 2.88. The molecule has 0 aliphatic heterocycles. The third-order valence-electron chi connectivity index (χ3n) is 2.77. The summed E-state index contributed by atoms with van der Waals surface area (Å²) in [5.41, 5.74) is 1.20. The van der Waals surface area contributed by atoms with Crippen LogP contribution < -0.4 is 0 Å². The number of amides is 1. The smallest absolute Gasteiger partial charge is 0.255 e.